The molecule has 8 nitrogen and oxygen atoms in total. The van der Waals surface area contributed by atoms with Crippen molar-refractivity contribution in [2.45, 2.75) is 45.6 Å². The van der Waals surface area contributed by atoms with Crippen LogP contribution in [-0.4, -0.2) is 70.6 Å². The van der Waals surface area contributed by atoms with Gasteiger partial charge in [0, 0.05) is 50.6 Å². The lowest BCUT2D eigenvalue weighted by atomic mass is 10.0. The highest BCUT2D eigenvalue weighted by molar-refractivity contribution is 5.95. The number of hydrogen-bond donors (Lipinski definition) is 2. The normalized spacial score (nSPS) is 18.6. The minimum atomic E-state index is -0.572. The third-order valence-corrected chi connectivity index (χ3v) is 6.76. The lowest BCUT2D eigenvalue weighted by Gasteiger charge is -2.35. The van der Waals surface area contributed by atoms with Crippen molar-refractivity contribution in [1.29, 1.82) is 0 Å². The Hall–Kier alpha value is -3.07. The monoisotopic (exact) mass is 455 g/mol. The minimum absolute atomic E-state index is 0.0150. The number of carbonyl (C=O) groups excluding carboxylic acids is 2. The van der Waals surface area contributed by atoms with Crippen LogP contribution in [0.2, 0.25) is 0 Å². The van der Waals surface area contributed by atoms with Crippen LogP contribution in [0.15, 0.2) is 23.0 Å². The second-order valence-electron chi connectivity index (χ2n) is 8.91. The van der Waals surface area contributed by atoms with Crippen molar-refractivity contribution in [1.82, 2.24) is 25.3 Å². The minimum Gasteiger partial charge on any atom is -0.339 e. The molecule has 2 amide bonds. The molecule has 0 saturated carbocycles. The molecular formula is C24H30FN5O3. The SMILES string of the molecule is Cc1c(Cc2ccc(F)c(C(=O)N3CCN(C(=O)C[C@@H]4CCCN4)CC3)c2)n[nH]c(=O)c1C. The van der Waals surface area contributed by atoms with E-state index in [2.05, 4.69) is 15.5 Å². The van der Waals surface area contributed by atoms with E-state index in [1.165, 1.54) is 6.07 Å². The van der Waals surface area contributed by atoms with Gasteiger partial charge < -0.3 is 15.1 Å². The van der Waals surface area contributed by atoms with Crippen LogP contribution in [0.1, 0.15) is 52.0 Å². The first-order valence-corrected chi connectivity index (χ1v) is 11.5. The van der Waals surface area contributed by atoms with Crippen LogP contribution in [0, 0.1) is 19.7 Å². The van der Waals surface area contributed by atoms with Crippen molar-refractivity contribution >= 4 is 11.8 Å². The zero-order valence-corrected chi connectivity index (χ0v) is 19.1. The van der Waals surface area contributed by atoms with Crippen LogP contribution < -0.4 is 10.9 Å². The largest absolute Gasteiger partial charge is 0.339 e. The van der Waals surface area contributed by atoms with Crippen LogP contribution in [0.25, 0.3) is 0 Å². The van der Waals surface area contributed by atoms with Crippen LogP contribution in [0.4, 0.5) is 4.39 Å². The molecule has 2 N–H and O–H groups in total. The van der Waals surface area contributed by atoms with Crippen molar-refractivity contribution in [3.63, 3.8) is 0 Å². The molecule has 1 aromatic carbocycles. The highest BCUT2D eigenvalue weighted by atomic mass is 19.1. The molecule has 2 saturated heterocycles. The predicted molar refractivity (Wildman–Crippen MR) is 122 cm³/mol. The number of halogens is 1. The molecule has 1 atom stereocenters. The summed E-state index contributed by atoms with van der Waals surface area (Å²) in [4.78, 5) is 40.7. The molecule has 33 heavy (non-hydrogen) atoms. The molecule has 0 unspecified atom stereocenters. The lowest BCUT2D eigenvalue weighted by molar-refractivity contribution is -0.133. The number of carbonyl (C=O) groups is 2. The lowest BCUT2D eigenvalue weighted by Crippen LogP contribution is -2.51. The third kappa shape index (κ3) is 5.13. The number of H-pyrrole nitrogens is 1. The summed E-state index contributed by atoms with van der Waals surface area (Å²) in [5.74, 6) is -0.841. The van der Waals surface area contributed by atoms with E-state index in [0.717, 1.165) is 30.5 Å². The summed E-state index contributed by atoms with van der Waals surface area (Å²) in [5, 5.41) is 9.93. The fraction of sp³-hybridized carbons (Fsp3) is 0.500. The zero-order valence-electron chi connectivity index (χ0n) is 19.1. The quantitative estimate of drug-likeness (QED) is 0.713. The molecular weight excluding hydrogens is 425 g/mol. The van der Waals surface area contributed by atoms with Crippen molar-refractivity contribution in [3.8, 4) is 0 Å². The van der Waals surface area contributed by atoms with E-state index in [-0.39, 0.29) is 29.0 Å². The number of nitrogens with zero attached hydrogens (tertiary/aromatic N) is 3. The summed E-state index contributed by atoms with van der Waals surface area (Å²) in [6, 6.07) is 4.73. The van der Waals surface area contributed by atoms with Gasteiger partial charge in [-0.25, -0.2) is 9.49 Å². The van der Waals surface area contributed by atoms with E-state index < -0.39 is 5.82 Å². The zero-order chi connectivity index (χ0) is 23.5. The maximum absolute atomic E-state index is 14.6. The van der Waals surface area contributed by atoms with Crippen molar-refractivity contribution in [3.05, 3.63) is 62.3 Å². The average molecular weight is 456 g/mol. The fourth-order valence-corrected chi connectivity index (χ4v) is 4.48. The van der Waals surface area contributed by atoms with Crippen LogP contribution >= 0.6 is 0 Å². The van der Waals surface area contributed by atoms with Gasteiger partial charge >= 0.3 is 0 Å². The maximum atomic E-state index is 14.6. The average Bonchev–Trinajstić information content (AvgIpc) is 3.33. The Balaban J connectivity index is 1.41. The molecule has 0 aliphatic carbocycles. The van der Waals surface area contributed by atoms with Gasteiger partial charge in [0.25, 0.3) is 11.5 Å². The smallest absolute Gasteiger partial charge is 0.267 e. The van der Waals surface area contributed by atoms with Crippen LogP contribution in [0.3, 0.4) is 0 Å². The Bertz CT molecular complexity index is 1100. The molecule has 2 aromatic rings. The summed E-state index contributed by atoms with van der Waals surface area (Å²) >= 11 is 0. The topological polar surface area (TPSA) is 98.4 Å². The molecule has 176 valence electrons. The summed E-state index contributed by atoms with van der Waals surface area (Å²) in [6.07, 6.45) is 2.99. The molecule has 0 spiro atoms. The summed E-state index contributed by atoms with van der Waals surface area (Å²) in [7, 11) is 0. The molecule has 4 rings (SSSR count). The molecule has 2 aliphatic rings. The second-order valence-corrected chi connectivity index (χ2v) is 8.91. The van der Waals surface area contributed by atoms with E-state index >= 15 is 0 Å². The van der Waals surface area contributed by atoms with Gasteiger partial charge in [-0.2, -0.15) is 5.10 Å². The van der Waals surface area contributed by atoms with Gasteiger partial charge in [0.15, 0.2) is 0 Å². The van der Waals surface area contributed by atoms with Crippen molar-refractivity contribution in [2.24, 2.45) is 0 Å². The molecule has 0 bridgehead atoms. The van der Waals surface area contributed by atoms with E-state index in [9.17, 15) is 18.8 Å². The van der Waals surface area contributed by atoms with Crippen molar-refractivity contribution in [2.75, 3.05) is 32.7 Å². The standard InChI is InChI=1S/C24H30FN5O3/c1-15-16(2)23(32)28-27-21(15)13-17-5-6-20(25)19(12-17)24(33)30-10-8-29(9-11-30)22(31)14-18-4-3-7-26-18/h5-6,12,18,26H,3-4,7-11,13-14H2,1-2H3,(H,28,32)/t18-/m0/s1. The van der Waals surface area contributed by atoms with E-state index in [4.69, 9.17) is 0 Å². The summed E-state index contributed by atoms with van der Waals surface area (Å²) in [6.45, 7) is 6.19. The van der Waals surface area contributed by atoms with Gasteiger partial charge in [-0.3, -0.25) is 14.4 Å². The Morgan fingerprint density at radius 2 is 1.85 bits per heavy atom. The summed E-state index contributed by atoms with van der Waals surface area (Å²) in [5.41, 5.74) is 2.57. The van der Waals surface area contributed by atoms with Gasteiger partial charge in [0.05, 0.1) is 11.3 Å². The summed E-state index contributed by atoms with van der Waals surface area (Å²) < 4.78 is 14.6. The van der Waals surface area contributed by atoms with E-state index in [0.29, 0.717) is 50.3 Å². The molecule has 2 fully saturated rings. The number of rotatable bonds is 5. The number of aromatic amines is 1. The maximum Gasteiger partial charge on any atom is 0.267 e. The number of piperazine rings is 1. The molecule has 9 heteroatoms. The Morgan fingerprint density at radius 3 is 2.55 bits per heavy atom. The number of aromatic nitrogens is 2. The van der Waals surface area contributed by atoms with Gasteiger partial charge in [-0.15, -0.1) is 0 Å². The van der Waals surface area contributed by atoms with Crippen LogP contribution in [-0.2, 0) is 11.2 Å². The van der Waals surface area contributed by atoms with Gasteiger partial charge in [0.2, 0.25) is 5.91 Å². The van der Waals surface area contributed by atoms with Gasteiger partial charge in [0.1, 0.15) is 5.82 Å². The number of nitrogens with one attached hydrogen (secondary N) is 2. The van der Waals surface area contributed by atoms with Gasteiger partial charge in [-0.1, -0.05) is 6.07 Å². The first-order valence-electron chi connectivity index (χ1n) is 11.5. The Labute approximate surface area is 192 Å². The number of benzene rings is 1. The molecule has 0 radical (unpaired) electrons. The first-order chi connectivity index (χ1) is 15.8. The number of amides is 2. The van der Waals surface area contributed by atoms with Crippen molar-refractivity contribution < 1.29 is 14.0 Å². The van der Waals surface area contributed by atoms with E-state index in [1.54, 1.807) is 28.9 Å². The van der Waals surface area contributed by atoms with Gasteiger partial charge in [-0.05, 0) is 56.5 Å². The van der Waals surface area contributed by atoms with E-state index in [1.807, 2.05) is 6.92 Å². The molecule has 2 aliphatic heterocycles. The molecule has 3 heterocycles. The first kappa shape index (κ1) is 23.1. The second kappa shape index (κ2) is 9.82. The Morgan fingerprint density at radius 1 is 1.12 bits per heavy atom. The Kier molecular flexibility index (Phi) is 6.88. The number of hydrogen-bond acceptors (Lipinski definition) is 5. The van der Waals surface area contributed by atoms with Crippen LogP contribution in [0.5, 0.6) is 0 Å². The third-order valence-electron chi connectivity index (χ3n) is 6.76. The predicted octanol–water partition coefficient (Wildman–Crippen LogP) is 1.54. The highest BCUT2D eigenvalue weighted by Crippen LogP contribution is 2.19. The molecule has 1 aromatic heterocycles. The fourth-order valence-electron chi connectivity index (χ4n) is 4.48. The highest BCUT2D eigenvalue weighted by Gasteiger charge is 2.28.